The molecule has 2 aromatic rings. The maximum absolute atomic E-state index is 13.1. The number of nitro benzene ring substituents is 1. The summed E-state index contributed by atoms with van der Waals surface area (Å²) in [5.41, 5.74) is -4.33. The molecule has 0 spiro atoms. The fourth-order valence-electron chi connectivity index (χ4n) is 2.88. The van der Waals surface area contributed by atoms with E-state index in [9.17, 15) is 33.2 Å². The Morgan fingerprint density at radius 3 is 2.24 bits per heavy atom. The van der Waals surface area contributed by atoms with E-state index in [1.54, 1.807) is 24.3 Å². The van der Waals surface area contributed by atoms with Crippen LogP contribution in [-0.2, 0) is 11.0 Å². The van der Waals surface area contributed by atoms with Crippen LogP contribution in [0.2, 0.25) is 0 Å². The maximum Gasteiger partial charge on any atom is 0.423 e. The van der Waals surface area contributed by atoms with Crippen LogP contribution in [0.1, 0.15) is 12.5 Å². The number of anilines is 2. The molecule has 2 N–H and O–H groups in total. The highest BCUT2D eigenvalue weighted by molar-refractivity contribution is 6.18. The van der Waals surface area contributed by atoms with Crippen LogP contribution in [0, 0.1) is 10.1 Å². The molecular weight excluding hydrogens is 502 g/mol. The number of nitrogens with zero attached hydrogens (tertiary/aromatic N) is 2. The quantitative estimate of drug-likeness (QED) is 0.252. The summed E-state index contributed by atoms with van der Waals surface area (Å²) in [6, 6.07) is 8.73. The smallest absolute Gasteiger partial charge is 0.423 e. The van der Waals surface area contributed by atoms with Crippen LogP contribution >= 0.6 is 23.2 Å². The Kier molecular flexibility index (Phi) is 9.37. The molecule has 1 atom stereocenters. The van der Waals surface area contributed by atoms with Crippen molar-refractivity contribution in [1.82, 2.24) is 0 Å². The van der Waals surface area contributed by atoms with Gasteiger partial charge in [0.1, 0.15) is 17.9 Å². The zero-order valence-corrected chi connectivity index (χ0v) is 19.5. The first-order valence-corrected chi connectivity index (χ1v) is 10.9. The van der Waals surface area contributed by atoms with Gasteiger partial charge in [0, 0.05) is 42.3 Å². The van der Waals surface area contributed by atoms with E-state index < -0.39 is 40.5 Å². The van der Waals surface area contributed by atoms with E-state index >= 15 is 0 Å². The van der Waals surface area contributed by atoms with Gasteiger partial charge in [0.25, 0.3) is 11.6 Å². The number of carbonyl (C=O) groups is 1. The van der Waals surface area contributed by atoms with E-state index in [1.807, 2.05) is 4.90 Å². The van der Waals surface area contributed by atoms with Gasteiger partial charge in [-0.2, -0.15) is 13.2 Å². The number of benzene rings is 2. The largest absolute Gasteiger partial charge is 0.490 e. The molecule has 34 heavy (non-hydrogen) atoms. The van der Waals surface area contributed by atoms with Gasteiger partial charge in [0.05, 0.1) is 4.92 Å². The molecule has 0 saturated heterocycles. The fourth-order valence-corrected chi connectivity index (χ4v) is 3.29. The summed E-state index contributed by atoms with van der Waals surface area (Å²) in [5.74, 6) is 0.100. The molecule has 0 aromatic heterocycles. The zero-order valence-electron chi connectivity index (χ0n) is 17.9. The van der Waals surface area contributed by atoms with E-state index in [0.717, 1.165) is 18.7 Å². The summed E-state index contributed by atoms with van der Waals surface area (Å²) in [6.07, 6.45) is -5.01. The van der Waals surface area contributed by atoms with Crippen molar-refractivity contribution in [1.29, 1.82) is 0 Å². The van der Waals surface area contributed by atoms with Gasteiger partial charge in [-0.15, -0.1) is 23.2 Å². The second kappa shape index (κ2) is 11.6. The molecule has 0 aliphatic heterocycles. The standard InChI is InChI=1S/C21H22Cl2F3N3O5/c1-20(31,13-34-16-5-3-15(4-6-16)28(10-8-22)11-9-23)19(30)27-14-2-7-18(29(32)33)17(12-14)21(24,25)26/h2-7,12,31H,8-11,13H2,1H3,(H,27,30)/t20-/m0/s1. The molecular formula is C21H22Cl2F3N3O5. The second-order valence-electron chi connectivity index (χ2n) is 7.36. The van der Waals surface area contributed by atoms with Gasteiger partial charge in [-0.05, 0) is 43.3 Å². The first kappa shape index (κ1) is 27.5. The number of rotatable bonds is 11. The molecule has 0 aliphatic rings. The number of amides is 1. The summed E-state index contributed by atoms with van der Waals surface area (Å²) in [5, 5.41) is 23.4. The number of hydrogen-bond acceptors (Lipinski definition) is 6. The van der Waals surface area contributed by atoms with Crippen LogP contribution in [0.25, 0.3) is 0 Å². The molecule has 2 rings (SSSR count). The predicted molar refractivity (Wildman–Crippen MR) is 123 cm³/mol. The molecule has 0 unspecified atom stereocenters. The van der Waals surface area contributed by atoms with Crippen molar-refractivity contribution < 1.29 is 32.7 Å². The monoisotopic (exact) mass is 523 g/mol. The van der Waals surface area contributed by atoms with Crippen molar-refractivity contribution >= 4 is 46.2 Å². The highest BCUT2D eigenvalue weighted by Crippen LogP contribution is 2.37. The molecule has 0 radical (unpaired) electrons. The highest BCUT2D eigenvalue weighted by atomic mass is 35.5. The number of alkyl halides is 5. The number of halogens is 5. The molecule has 8 nitrogen and oxygen atoms in total. The average Bonchev–Trinajstić information content (AvgIpc) is 2.77. The van der Waals surface area contributed by atoms with Crippen LogP contribution in [0.5, 0.6) is 5.75 Å². The van der Waals surface area contributed by atoms with Crippen molar-refractivity contribution in [2.45, 2.75) is 18.7 Å². The van der Waals surface area contributed by atoms with Gasteiger partial charge < -0.3 is 20.1 Å². The maximum atomic E-state index is 13.1. The minimum absolute atomic E-state index is 0.336. The molecule has 186 valence electrons. The lowest BCUT2D eigenvalue weighted by molar-refractivity contribution is -0.388. The normalized spacial score (nSPS) is 13.1. The van der Waals surface area contributed by atoms with Gasteiger partial charge >= 0.3 is 6.18 Å². The van der Waals surface area contributed by atoms with Gasteiger partial charge in [0.2, 0.25) is 0 Å². The predicted octanol–water partition coefficient (Wildman–Crippen LogP) is 4.67. The minimum Gasteiger partial charge on any atom is -0.490 e. The van der Waals surface area contributed by atoms with Gasteiger partial charge in [-0.25, -0.2) is 0 Å². The van der Waals surface area contributed by atoms with Crippen LogP contribution < -0.4 is 15.0 Å². The number of hydrogen-bond donors (Lipinski definition) is 2. The van der Waals surface area contributed by atoms with Crippen LogP contribution in [0.4, 0.5) is 30.2 Å². The van der Waals surface area contributed by atoms with E-state index in [0.29, 0.717) is 42.7 Å². The van der Waals surface area contributed by atoms with E-state index in [-0.39, 0.29) is 5.69 Å². The summed E-state index contributed by atoms with van der Waals surface area (Å²) >= 11 is 11.6. The SMILES string of the molecule is C[C@](O)(COc1ccc(N(CCCl)CCCl)cc1)C(=O)Nc1ccc([N+](=O)[O-])c(C(F)(F)F)c1. The topological polar surface area (TPSA) is 105 Å². The van der Waals surface area contributed by atoms with Crippen molar-refractivity contribution in [3.63, 3.8) is 0 Å². The Morgan fingerprint density at radius 1 is 1.15 bits per heavy atom. The van der Waals surface area contributed by atoms with Crippen molar-refractivity contribution in [2.75, 3.05) is 41.7 Å². The zero-order chi connectivity index (χ0) is 25.5. The lowest BCUT2D eigenvalue weighted by atomic mass is 10.1. The summed E-state index contributed by atoms with van der Waals surface area (Å²) < 4.78 is 44.9. The lowest BCUT2D eigenvalue weighted by Gasteiger charge is -2.24. The molecule has 0 heterocycles. The third kappa shape index (κ3) is 7.37. The van der Waals surface area contributed by atoms with Crippen molar-refractivity contribution in [3.05, 3.63) is 58.1 Å². The Hall–Kier alpha value is -2.76. The lowest BCUT2D eigenvalue weighted by Crippen LogP contribution is -2.45. The Labute approximate surface area is 203 Å². The van der Waals surface area contributed by atoms with Crippen molar-refractivity contribution in [3.8, 4) is 5.75 Å². The number of ether oxygens (including phenoxy) is 1. The van der Waals surface area contributed by atoms with Crippen molar-refractivity contribution in [2.24, 2.45) is 0 Å². The Bertz CT molecular complexity index is 998. The third-order valence-electron chi connectivity index (χ3n) is 4.68. The van der Waals surface area contributed by atoms with Crippen LogP contribution in [0.3, 0.4) is 0 Å². The van der Waals surface area contributed by atoms with Gasteiger partial charge in [-0.1, -0.05) is 0 Å². The van der Waals surface area contributed by atoms with E-state index in [1.165, 1.54) is 0 Å². The molecule has 0 bridgehead atoms. The van der Waals surface area contributed by atoms with Gasteiger partial charge in [-0.3, -0.25) is 14.9 Å². The molecule has 13 heteroatoms. The summed E-state index contributed by atoms with van der Waals surface area (Å²) in [4.78, 5) is 24.1. The molecule has 2 aromatic carbocycles. The number of carbonyl (C=O) groups excluding carboxylic acids is 1. The Balaban J connectivity index is 2.07. The number of aliphatic hydroxyl groups is 1. The highest BCUT2D eigenvalue weighted by Gasteiger charge is 2.39. The first-order valence-electron chi connectivity index (χ1n) is 9.88. The fraction of sp³-hybridized carbons (Fsp3) is 0.381. The van der Waals surface area contributed by atoms with E-state index in [4.69, 9.17) is 27.9 Å². The number of nitro groups is 1. The molecule has 0 aliphatic carbocycles. The second-order valence-corrected chi connectivity index (χ2v) is 8.12. The van der Waals surface area contributed by atoms with Crippen LogP contribution in [-0.4, -0.2) is 53.0 Å². The molecule has 1 amide bonds. The molecule has 0 saturated carbocycles. The Morgan fingerprint density at radius 2 is 1.74 bits per heavy atom. The molecule has 0 fully saturated rings. The van der Waals surface area contributed by atoms with Crippen LogP contribution in [0.15, 0.2) is 42.5 Å². The third-order valence-corrected chi connectivity index (χ3v) is 5.01. The average molecular weight is 524 g/mol. The summed E-state index contributed by atoms with van der Waals surface area (Å²) in [6.45, 7) is 1.78. The van der Waals surface area contributed by atoms with Gasteiger partial charge in [0.15, 0.2) is 5.60 Å². The number of nitrogens with one attached hydrogen (secondary N) is 1. The minimum atomic E-state index is -5.01. The summed E-state index contributed by atoms with van der Waals surface area (Å²) in [7, 11) is 0. The first-order chi connectivity index (χ1) is 15.9. The van der Waals surface area contributed by atoms with E-state index in [2.05, 4.69) is 5.32 Å².